The Morgan fingerprint density at radius 2 is 1.72 bits per heavy atom. The zero-order chi connectivity index (χ0) is 17.0. The van der Waals surface area contributed by atoms with Gasteiger partial charge in [0.1, 0.15) is 12.4 Å². The molecule has 0 N–H and O–H groups in total. The van der Waals surface area contributed by atoms with Crippen LogP contribution in [0, 0.1) is 23.7 Å². The molecule has 5 atom stereocenters. The van der Waals surface area contributed by atoms with Crippen molar-refractivity contribution in [3.63, 3.8) is 0 Å². The number of imide groups is 1. The third-order valence-electron chi connectivity index (χ3n) is 6.03. The van der Waals surface area contributed by atoms with Gasteiger partial charge in [0.25, 0.3) is 0 Å². The molecule has 1 aromatic rings. The smallest absolute Gasteiger partial charge is 0.238 e. The summed E-state index contributed by atoms with van der Waals surface area (Å²) < 4.78 is 11.3. The highest BCUT2D eigenvalue weighted by Gasteiger charge is 2.59. The van der Waals surface area contributed by atoms with Gasteiger partial charge in [0.2, 0.25) is 11.8 Å². The number of carbonyl (C=O) groups is 2. The fraction of sp³-hybridized carbons (Fsp3) is 0.500. The van der Waals surface area contributed by atoms with Crippen LogP contribution in [0.15, 0.2) is 36.4 Å². The van der Waals surface area contributed by atoms with Gasteiger partial charge in [-0.05, 0) is 55.4 Å². The van der Waals surface area contributed by atoms with Crippen molar-refractivity contribution in [3.05, 3.63) is 36.4 Å². The summed E-state index contributed by atoms with van der Waals surface area (Å²) in [6, 6.07) is 7.26. The van der Waals surface area contributed by atoms with Gasteiger partial charge in [-0.1, -0.05) is 12.2 Å². The van der Waals surface area contributed by atoms with Crippen LogP contribution in [-0.2, 0) is 14.3 Å². The Balaban J connectivity index is 1.30. The predicted octanol–water partition coefficient (Wildman–Crippen LogP) is 2.56. The minimum Gasteiger partial charge on any atom is -0.491 e. The number of carbonyl (C=O) groups excluding carboxylic acids is 2. The zero-order valence-electron chi connectivity index (χ0n) is 14.0. The van der Waals surface area contributed by atoms with E-state index in [1.54, 1.807) is 12.1 Å². The van der Waals surface area contributed by atoms with Crippen molar-refractivity contribution >= 4 is 17.5 Å². The van der Waals surface area contributed by atoms with Gasteiger partial charge in [-0.25, -0.2) is 0 Å². The summed E-state index contributed by atoms with van der Waals surface area (Å²) in [6.45, 7) is 1.35. The Hall–Kier alpha value is -2.14. The topological polar surface area (TPSA) is 55.8 Å². The van der Waals surface area contributed by atoms with Gasteiger partial charge in [-0.15, -0.1) is 0 Å². The van der Waals surface area contributed by atoms with Crippen LogP contribution in [0.2, 0.25) is 0 Å². The van der Waals surface area contributed by atoms with Crippen LogP contribution in [0.25, 0.3) is 0 Å². The van der Waals surface area contributed by atoms with E-state index in [4.69, 9.17) is 9.47 Å². The molecule has 3 fully saturated rings. The van der Waals surface area contributed by atoms with Crippen LogP contribution in [0.3, 0.4) is 0 Å². The molecule has 2 heterocycles. The second-order valence-corrected chi connectivity index (χ2v) is 7.45. The minimum atomic E-state index is -0.155. The van der Waals surface area contributed by atoms with E-state index in [1.165, 1.54) is 4.90 Å². The molecule has 0 radical (unpaired) electrons. The van der Waals surface area contributed by atoms with Crippen molar-refractivity contribution in [3.8, 4) is 5.75 Å². The van der Waals surface area contributed by atoms with Crippen LogP contribution in [0.1, 0.15) is 19.3 Å². The van der Waals surface area contributed by atoms with Gasteiger partial charge in [0, 0.05) is 6.61 Å². The highest BCUT2D eigenvalue weighted by Crippen LogP contribution is 2.53. The predicted molar refractivity (Wildman–Crippen MR) is 91.1 cm³/mol. The maximum atomic E-state index is 12.8. The van der Waals surface area contributed by atoms with Crippen molar-refractivity contribution in [2.24, 2.45) is 23.7 Å². The molecule has 2 bridgehead atoms. The molecule has 5 rings (SSSR count). The van der Waals surface area contributed by atoms with Crippen molar-refractivity contribution in [1.29, 1.82) is 0 Å². The molecular weight excluding hydrogens is 318 g/mol. The molecule has 2 aliphatic heterocycles. The Labute approximate surface area is 146 Å². The van der Waals surface area contributed by atoms with Gasteiger partial charge in [0.15, 0.2) is 0 Å². The first-order chi connectivity index (χ1) is 12.2. The monoisotopic (exact) mass is 339 g/mol. The summed E-state index contributed by atoms with van der Waals surface area (Å²) in [5.74, 6) is 0.826. The standard InChI is InChI=1S/C20H21NO4/c22-19-17-12-3-4-13(10-12)18(17)20(23)21(19)14-5-7-15(8-6-14)25-11-16-2-1-9-24-16/h3-8,12-13,16-18H,1-2,9-11H2/t12-,13-,16+,17-,18+/m0/s1. The lowest BCUT2D eigenvalue weighted by Gasteiger charge is -2.18. The van der Waals surface area contributed by atoms with Gasteiger partial charge in [-0.2, -0.15) is 0 Å². The van der Waals surface area contributed by atoms with Gasteiger partial charge < -0.3 is 9.47 Å². The minimum absolute atomic E-state index is 0.0418. The molecule has 1 aromatic carbocycles. The molecule has 1 saturated carbocycles. The van der Waals surface area contributed by atoms with Crippen molar-refractivity contribution < 1.29 is 19.1 Å². The van der Waals surface area contributed by atoms with E-state index in [0.29, 0.717) is 12.3 Å². The van der Waals surface area contributed by atoms with E-state index in [-0.39, 0.29) is 41.6 Å². The number of hydrogen-bond acceptors (Lipinski definition) is 4. The van der Waals surface area contributed by atoms with Gasteiger partial charge >= 0.3 is 0 Å². The average molecular weight is 339 g/mol. The molecule has 0 unspecified atom stereocenters. The van der Waals surface area contributed by atoms with Crippen molar-refractivity contribution in [1.82, 2.24) is 0 Å². The summed E-state index contributed by atoms with van der Waals surface area (Å²) >= 11 is 0. The number of ether oxygens (including phenoxy) is 2. The third kappa shape index (κ3) is 2.33. The second-order valence-electron chi connectivity index (χ2n) is 7.45. The molecule has 2 aliphatic carbocycles. The molecule has 25 heavy (non-hydrogen) atoms. The maximum absolute atomic E-state index is 12.8. The summed E-state index contributed by atoms with van der Waals surface area (Å²) in [5, 5.41) is 0. The highest BCUT2D eigenvalue weighted by molar-refractivity contribution is 6.22. The number of nitrogens with zero attached hydrogens (tertiary/aromatic N) is 1. The number of benzene rings is 1. The van der Waals surface area contributed by atoms with E-state index < -0.39 is 0 Å². The first kappa shape index (κ1) is 15.1. The number of anilines is 1. The maximum Gasteiger partial charge on any atom is 0.238 e. The van der Waals surface area contributed by atoms with Gasteiger partial charge in [0.05, 0.1) is 23.6 Å². The molecular formula is C20H21NO4. The summed E-state index contributed by atoms with van der Waals surface area (Å²) in [5.41, 5.74) is 0.647. The molecule has 4 aliphatic rings. The molecule has 2 saturated heterocycles. The zero-order valence-corrected chi connectivity index (χ0v) is 14.0. The van der Waals surface area contributed by atoms with E-state index >= 15 is 0 Å². The summed E-state index contributed by atoms with van der Waals surface area (Å²) in [7, 11) is 0. The van der Waals surface area contributed by atoms with Crippen molar-refractivity contribution in [2.75, 3.05) is 18.1 Å². The largest absolute Gasteiger partial charge is 0.491 e. The van der Waals surface area contributed by atoms with Crippen LogP contribution < -0.4 is 9.64 Å². The number of rotatable bonds is 4. The van der Waals surface area contributed by atoms with Crippen LogP contribution in [0.5, 0.6) is 5.75 Å². The molecule has 0 aromatic heterocycles. The molecule has 5 nitrogen and oxygen atoms in total. The van der Waals surface area contributed by atoms with E-state index in [0.717, 1.165) is 31.6 Å². The molecule has 2 amide bonds. The van der Waals surface area contributed by atoms with Crippen LogP contribution in [0.4, 0.5) is 5.69 Å². The van der Waals surface area contributed by atoms with Crippen LogP contribution in [-0.4, -0.2) is 31.1 Å². The fourth-order valence-corrected chi connectivity index (χ4v) is 4.81. The molecule has 5 heteroatoms. The second kappa shape index (κ2) is 5.70. The normalized spacial score (nSPS) is 35.7. The first-order valence-electron chi connectivity index (χ1n) is 9.13. The molecule has 0 spiro atoms. The number of allylic oxidation sites excluding steroid dienone is 2. The third-order valence-corrected chi connectivity index (χ3v) is 6.03. The Morgan fingerprint density at radius 3 is 2.32 bits per heavy atom. The average Bonchev–Trinajstić information content (AvgIpc) is 3.39. The lowest BCUT2D eigenvalue weighted by atomic mass is 9.85. The summed E-state index contributed by atoms with van der Waals surface area (Å²) in [4.78, 5) is 27.0. The SMILES string of the molecule is O=C1[C@@H]2[C@H](C(=O)N1c1ccc(OC[C@H]3CCCO3)cc1)[C@H]1C=C[C@H]2C1. The van der Waals surface area contributed by atoms with E-state index in [9.17, 15) is 9.59 Å². The quantitative estimate of drug-likeness (QED) is 0.625. The first-order valence-corrected chi connectivity index (χ1v) is 9.13. The highest BCUT2D eigenvalue weighted by atomic mass is 16.5. The van der Waals surface area contributed by atoms with Crippen LogP contribution >= 0.6 is 0 Å². The number of fused-ring (bicyclic) bond motifs is 5. The van der Waals surface area contributed by atoms with E-state index in [1.807, 2.05) is 12.1 Å². The molecule has 130 valence electrons. The van der Waals surface area contributed by atoms with E-state index in [2.05, 4.69) is 12.2 Å². The van der Waals surface area contributed by atoms with Crippen molar-refractivity contribution in [2.45, 2.75) is 25.4 Å². The lowest BCUT2D eigenvalue weighted by Crippen LogP contribution is -2.32. The number of hydrogen-bond donors (Lipinski definition) is 0. The Kier molecular flexibility index (Phi) is 3.45. The summed E-state index contributed by atoms with van der Waals surface area (Å²) in [6.07, 6.45) is 7.48. The number of amides is 2. The lowest BCUT2D eigenvalue weighted by molar-refractivity contribution is -0.123. The fourth-order valence-electron chi connectivity index (χ4n) is 4.81. The van der Waals surface area contributed by atoms with Gasteiger partial charge in [-0.3, -0.25) is 14.5 Å². The Bertz CT molecular complexity index is 705. The Morgan fingerprint density at radius 1 is 1.04 bits per heavy atom.